The smallest absolute Gasteiger partial charge is 0.462 e. The summed E-state index contributed by atoms with van der Waals surface area (Å²) in [6.45, 7) is 3.61. The Labute approximate surface area is 348 Å². The third kappa shape index (κ3) is 38.0. The van der Waals surface area contributed by atoms with E-state index in [1.165, 1.54) is 116 Å². The van der Waals surface area contributed by atoms with Crippen molar-refractivity contribution in [3.8, 4) is 0 Å². The van der Waals surface area contributed by atoms with Crippen LogP contribution in [0.15, 0.2) is 48.6 Å². The Hall–Kier alpha value is -2.03. The molecule has 9 nitrogen and oxygen atoms in total. The van der Waals surface area contributed by atoms with Crippen LogP contribution in [0.25, 0.3) is 0 Å². The molecule has 0 spiro atoms. The maximum atomic E-state index is 12.5. The highest BCUT2D eigenvalue weighted by atomic mass is 31.2. The number of esters is 2. The van der Waals surface area contributed by atoms with Crippen molar-refractivity contribution in [1.82, 2.24) is 0 Å². The topological polar surface area (TPSA) is 132 Å². The van der Waals surface area contributed by atoms with Gasteiger partial charge in [0.1, 0.15) is 6.61 Å². The first kappa shape index (κ1) is 53.0. The number of carbonyl (C=O) groups is 2. The van der Waals surface area contributed by atoms with Crippen molar-refractivity contribution in [1.29, 1.82) is 0 Å². The second kappa shape index (κ2) is 38.2. The van der Waals surface area contributed by atoms with Crippen LogP contribution in [-0.4, -0.2) is 53.3 Å². The standard InChI is InChI=1S/C47H83O9P/c1-3-5-7-9-11-12-13-14-15-16-17-18-19-20-21-22-23-24-27-32-36-40-47(49)55-43(42-54-57(50,51)52)41-53-46(48)39-35-31-28-25-26-30-34-38-45-44(56-45)37-33-29-10-8-6-4-2/h14-15,25,28-30,33-34,43-45H,3-13,16-24,26-27,31-32,35-42H2,1-2H3,(H2,50,51,52)/b15-14-,28-25-,33-29-,34-30-/t43-,44?,45?/m1/s1. The number of rotatable bonds is 41. The summed E-state index contributed by atoms with van der Waals surface area (Å²) in [6.07, 6.45) is 50.1. The Morgan fingerprint density at radius 3 is 1.54 bits per heavy atom. The molecule has 0 amide bonds. The summed E-state index contributed by atoms with van der Waals surface area (Å²) in [7, 11) is -4.77. The maximum Gasteiger partial charge on any atom is 0.469 e. The second-order valence-electron chi connectivity index (χ2n) is 15.8. The minimum atomic E-state index is -4.77. The van der Waals surface area contributed by atoms with Gasteiger partial charge in [0.05, 0.1) is 18.8 Å². The average molecular weight is 823 g/mol. The van der Waals surface area contributed by atoms with E-state index >= 15 is 0 Å². The SMILES string of the molecule is CCCCC/C=C\CC1OC1C/C=C\C/C=C\CCCC(=O)OC[C@H](COP(=O)(O)O)OC(=O)CCCCCCCCCCCCC/C=C\CCCCCCCC. The molecule has 57 heavy (non-hydrogen) atoms. The molecule has 1 fully saturated rings. The van der Waals surface area contributed by atoms with Crippen LogP contribution in [0.2, 0.25) is 0 Å². The van der Waals surface area contributed by atoms with E-state index in [1.807, 2.05) is 6.08 Å². The fourth-order valence-corrected chi connectivity index (χ4v) is 7.00. The number of hydrogen-bond donors (Lipinski definition) is 2. The molecule has 2 unspecified atom stereocenters. The van der Waals surface area contributed by atoms with Gasteiger partial charge >= 0.3 is 19.8 Å². The molecule has 330 valence electrons. The number of phosphoric acid groups is 1. The summed E-state index contributed by atoms with van der Waals surface area (Å²) >= 11 is 0. The summed E-state index contributed by atoms with van der Waals surface area (Å²) in [4.78, 5) is 43.0. The number of epoxide rings is 1. The molecule has 1 aliphatic heterocycles. The number of ether oxygens (including phenoxy) is 3. The van der Waals surface area contributed by atoms with Crippen LogP contribution in [0.5, 0.6) is 0 Å². The molecule has 0 aromatic carbocycles. The van der Waals surface area contributed by atoms with Crippen molar-refractivity contribution in [2.24, 2.45) is 0 Å². The number of carbonyl (C=O) groups excluding carboxylic acids is 2. The quantitative estimate of drug-likeness (QED) is 0.0203. The number of allylic oxidation sites excluding steroid dienone is 6. The molecular weight excluding hydrogens is 739 g/mol. The molecule has 0 radical (unpaired) electrons. The molecule has 1 heterocycles. The lowest BCUT2D eigenvalue weighted by Gasteiger charge is -2.18. The molecule has 0 bridgehead atoms. The lowest BCUT2D eigenvalue weighted by Crippen LogP contribution is -2.29. The number of unbranched alkanes of at least 4 members (excludes halogenated alkanes) is 21. The fraction of sp³-hybridized carbons (Fsp3) is 0.787. The summed E-state index contributed by atoms with van der Waals surface area (Å²) in [5.41, 5.74) is 0. The third-order valence-electron chi connectivity index (χ3n) is 10.2. The minimum Gasteiger partial charge on any atom is -0.462 e. The first-order valence-electron chi connectivity index (χ1n) is 23.1. The van der Waals surface area contributed by atoms with Crippen molar-refractivity contribution in [3.63, 3.8) is 0 Å². The molecule has 0 aromatic heterocycles. The van der Waals surface area contributed by atoms with Gasteiger partial charge in [-0.2, -0.15) is 0 Å². The fourth-order valence-electron chi connectivity index (χ4n) is 6.64. The van der Waals surface area contributed by atoms with Crippen molar-refractivity contribution in [2.75, 3.05) is 13.2 Å². The van der Waals surface area contributed by atoms with Crippen LogP contribution in [-0.2, 0) is 32.9 Å². The lowest BCUT2D eigenvalue weighted by atomic mass is 10.0. The molecule has 0 aromatic rings. The predicted molar refractivity (Wildman–Crippen MR) is 234 cm³/mol. The highest BCUT2D eigenvalue weighted by Crippen LogP contribution is 2.36. The molecule has 1 rings (SSSR count). The van der Waals surface area contributed by atoms with Gasteiger partial charge in [0, 0.05) is 12.8 Å². The van der Waals surface area contributed by atoms with Crippen LogP contribution in [0.3, 0.4) is 0 Å². The van der Waals surface area contributed by atoms with E-state index in [9.17, 15) is 14.2 Å². The Morgan fingerprint density at radius 2 is 0.965 bits per heavy atom. The van der Waals surface area contributed by atoms with E-state index in [0.717, 1.165) is 51.4 Å². The van der Waals surface area contributed by atoms with Crippen molar-refractivity contribution >= 4 is 19.8 Å². The Bertz CT molecular complexity index is 1130. The number of hydrogen-bond acceptors (Lipinski definition) is 7. The van der Waals surface area contributed by atoms with Crippen LogP contribution in [0, 0.1) is 0 Å². The van der Waals surface area contributed by atoms with Crippen LogP contribution in [0.1, 0.15) is 206 Å². The van der Waals surface area contributed by atoms with Gasteiger partial charge in [0.2, 0.25) is 0 Å². The van der Waals surface area contributed by atoms with Crippen molar-refractivity contribution in [2.45, 2.75) is 225 Å². The third-order valence-corrected chi connectivity index (χ3v) is 10.7. The van der Waals surface area contributed by atoms with E-state index in [4.69, 9.17) is 24.0 Å². The predicted octanol–water partition coefficient (Wildman–Crippen LogP) is 13.3. The Morgan fingerprint density at radius 1 is 0.544 bits per heavy atom. The summed E-state index contributed by atoms with van der Waals surface area (Å²) < 4.78 is 32.2. The van der Waals surface area contributed by atoms with E-state index in [1.54, 1.807) is 0 Å². The zero-order valence-electron chi connectivity index (χ0n) is 36.2. The van der Waals surface area contributed by atoms with Gasteiger partial charge in [-0.3, -0.25) is 14.1 Å². The van der Waals surface area contributed by atoms with Gasteiger partial charge in [-0.15, -0.1) is 0 Å². The van der Waals surface area contributed by atoms with Gasteiger partial charge in [-0.1, -0.05) is 165 Å². The highest BCUT2D eigenvalue weighted by Gasteiger charge is 2.36. The summed E-state index contributed by atoms with van der Waals surface area (Å²) in [5, 5.41) is 0. The van der Waals surface area contributed by atoms with Crippen LogP contribution >= 0.6 is 7.82 Å². The molecule has 2 N–H and O–H groups in total. The molecule has 0 saturated carbocycles. The van der Waals surface area contributed by atoms with Gasteiger partial charge < -0.3 is 24.0 Å². The van der Waals surface area contributed by atoms with Gasteiger partial charge in [-0.05, 0) is 77.0 Å². The van der Waals surface area contributed by atoms with E-state index < -0.39 is 32.5 Å². The Kier molecular flexibility index (Phi) is 35.5. The van der Waals surface area contributed by atoms with Crippen LogP contribution in [0.4, 0.5) is 0 Å². The van der Waals surface area contributed by atoms with E-state index in [0.29, 0.717) is 25.0 Å². The molecule has 10 heteroatoms. The Balaban J connectivity index is 2.05. The molecule has 0 aliphatic carbocycles. The molecule has 3 atom stereocenters. The zero-order chi connectivity index (χ0) is 41.5. The lowest BCUT2D eigenvalue weighted by molar-refractivity contribution is -0.161. The molecule has 1 saturated heterocycles. The van der Waals surface area contributed by atoms with Crippen molar-refractivity contribution in [3.05, 3.63) is 48.6 Å². The van der Waals surface area contributed by atoms with E-state index in [2.05, 4.69) is 60.9 Å². The summed E-state index contributed by atoms with van der Waals surface area (Å²) in [6, 6.07) is 0. The monoisotopic (exact) mass is 823 g/mol. The second-order valence-corrected chi connectivity index (χ2v) is 17.0. The minimum absolute atomic E-state index is 0.185. The average Bonchev–Trinajstić information content (AvgIpc) is 3.94. The first-order chi connectivity index (χ1) is 27.7. The van der Waals surface area contributed by atoms with Crippen LogP contribution < -0.4 is 0 Å². The van der Waals surface area contributed by atoms with Gasteiger partial charge in [0.25, 0.3) is 0 Å². The molecule has 1 aliphatic rings. The largest absolute Gasteiger partial charge is 0.469 e. The maximum absolute atomic E-state index is 12.5. The first-order valence-corrected chi connectivity index (χ1v) is 24.6. The van der Waals surface area contributed by atoms with Gasteiger partial charge in [0.15, 0.2) is 6.10 Å². The highest BCUT2D eigenvalue weighted by molar-refractivity contribution is 7.46. The van der Waals surface area contributed by atoms with Gasteiger partial charge in [-0.25, -0.2) is 4.57 Å². The van der Waals surface area contributed by atoms with Crippen molar-refractivity contribution < 1.29 is 42.7 Å². The molecular formula is C47H83O9P. The van der Waals surface area contributed by atoms with E-state index in [-0.39, 0.29) is 19.4 Å². The normalized spacial score (nSPS) is 16.4. The summed E-state index contributed by atoms with van der Waals surface area (Å²) in [5.74, 6) is -0.954. The number of phosphoric ester groups is 1. The zero-order valence-corrected chi connectivity index (χ0v) is 37.1.